The standard InChI is InChI=1S/C22H27NO6/c1-4-12-28-19-11-8-17(13-20(19)27-5-2)22(25)29-15-21(24)23-14-16-6-9-18(26-3)10-7-16/h6-11,13H,4-5,12,14-15H2,1-3H3,(H,23,24). The molecule has 0 spiro atoms. The van der Waals surface area contributed by atoms with Crippen molar-refractivity contribution in [3.63, 3.8) is 0 Å². The van der Waals surface area contributed by atoms with Gasteiger partial charge in [0.25, 0.3) is 5.91 Å². The van der Waals surface area contributed by atoms with Crippen molar-refractivity contribution in [3.8, 4) is 17.2 Å². The van der Waals surface area contributed by atoms with Gasteiger partial charge in [-0.2, -0.15) is 0 Å². The van der Waals surface area contributed by atoms with Gasteiger partial charge in [0.15, 0.2) is 18.1 Å². The minimum atomic E-state index is -0.604. The van der Waals surface area contributed by atoms with Crippen LogP contribution in [0.3, 0.4) is 0 Å². The van der Waals surface area contributed by atoms with Gasteiger partial charge in [0.05, 0.1) is 25.9 Å². The zero-order chi connectivity index (χ0) is 21.1. The number of amides is 1. The fourth-order valence-corrected chi connectivity index (χ4v) is 2.44. The summed E-state index contributed by atoms with van der Waals surface area (Å²) in [7, 11) is 1.59. The topological polar surface area (TPSA) is 83.1 Å². The number of carbonyl (C=O) groups excluding carboxylic acids is 2. The Bertz CT molecular complexity index is 803. The number of methoxy groups -OCH3 is 1. The molecular weight excluding hydrogens is 374 g/mol. The van der Waals surface area contributed by atoms with Crippen LogP contribution in [0.5, 0.6) is 17.2 Å². The van der Waals surface area contributed by atoms with E-state index in [4.69, 9.17) is 18.9 Å². The Morgan fingerprint density at radius 1 is 0.966 bits per heavy atom. The lowest BCUT2D eigenvalue weighted by Gasteiger charge is -2.13. The maximum Gasteiger partial charge on any atom is 0.338 e. The predicted molar refractivity (Wildman–Crippen MR) is 109 cm³/mol. The molecule has 0 aliphatic heterocycles. The summed E-state index contributed by atoms with van der Waals surface area (Å²) >= 11 is 0. The third-order valence-corrected chi connectivity index (χ3v) is 3.92. The maximum atomic E-state index is 12.3. The first-order chi connectivity index (χ1) is 14.1. The summed E-state index contributed by atoms with van der Waals surface area (Å²) in [6.45, 7) is 4.81. The van der Waals surface area contributed by atoms with Crippen molar-refractivity contribution in [2.24, 2.45) is 0 Å². The second-order valence-electron chi connectivity index (χ2n) is 6.14. The van der Waals surface area contributed by atoms with Gasteiger partial charge in [-0.3, -0.25) is 4.79 Å². The minimum Gasteiger partial charge on any atom is -0.497 e. The summed E-state index contributed by atoms with van der Waals surface area (Å²) in [4.78, 5) is 24.2. The van der Waals surface area contributed by atoms with Crippen molar-refractivity contribution in [2.75, 3.05) is 26.9 Å². The number of esters is 1. The smallest absolute Gasteiger partial charge is 0.338 e. The second kappa shape index (κ2) is 11.6. The van der Waals surface area contributed by atoms with Crippen molar-refractivity contribution in [1.29, 1.82) is 0 Å². The van der Waals surface area contributed by atoms with Crippen LogP contribution in [0.25, 0.3) is 0 Å². The molecule has 29 heavy (non-hydrogen) atoms. The van der Waals surface area contributed by atoms with Crippen molar-refractivity contribution >= 4 is 11.9 Å². The zero-order valence-electron chi connectivity index (χ0n) is 17.0. The molecular formula is C22H27NO6. The van der Waals surface area contributed by atoms with E-state index in [0.29, 0.717) is 36.8 Å². The lowest BCUT2D eigenvalue weighted by atomic mass is 10.2. The predicted octanol–water partition coefficient (Wildman–Crippen LogP) is 3.36. The molecule has 1 N–H and O–H groups in total. The number of ether oxygens (including phenoxy) is 4. The van der Waals surface area contributed by atoms with Gasteiger partial charge in [0.1, 0.15) is 5.75 Å². The van der Waals surface area contributed by atoms with Gasteiger partial charge in [0.2, 0.25) is 0 Å². The molecule has 7 heteroatoms. The van der Waals surface area contributed by atoms with E-state index >= 15 is 0 Å². The molecule has 0 aliphatic carbocycles. The summed E-state index contributed by atoms with van der Waals surface area (Å²) in [5.74, 6) is 0.795. The molecule has 0 aromatic heterocycles. The van der Waals surface area contributed by atoms with Crippen LogP contribution < -0.4 is 19.5 Å². The van der Waals surface area contributed by atoms with E-state index < -0.39 is 5.97 Å². The van der Waals surface area contributed by atoms with E-state index in [9.17, 15) is 9.59 Å². The molecule has 0 bridgehead atoms. The number of nitrogens with one attached hydrogen (secondary N) is 1. The van der Waals surface area contributed by atoms with Crippen LogP contribution in [0, 0.1) is 0 Å². The van der Waals surface area contributed by atoms with Crippen LogP contribution in [0.2, 0.25) is 0 Å². The maximum absolute atomic E-state index is 12.3. The third-order valence-electron chi connectivity index (χ3n) is 3.92. The number of rotatable bonds is 11. The summed E-state index contributed by atoms with van der Waals surface area (Å²) in [5, 5.41) is 2.71. The summed E-state index contributed by atoms with van der Waals surface area (Å²) in [5.41, 5.74) is 1.20. The quantitative estimate of drug-likeness (QED) is 0.582. The first kappa shape index (κ1) is 22.1. The summed E-state index contributed by atoms with van der Waals surface area (Å²) in [6, 6.07) is 12.1. The molecule has 7 nitrogen and oxygen atoms in total. The monoisotopic (exact) mass is 401 g/mol. The third kappa shape index (κ3) is 7.03. The van der Waals surface area contributed by atoms with Gasteiger partial charge in [0, 0.05) is 6.54 Å². The van der Waals surface area contributed by atoms with Crippen LogP contribution in [-0.2, 0) is 16.1 Å². The molecule has 0 radical (unpaired) electrons. The Kier molecular flexibility index (Phi) is 8.82. The van der Waals surface area contributed by atoms with Gasteiger partial charge < -0.3 is 24.3 Å². The van der Waals surface area contributed by atoms with Crippen LogP contribution >= 0.6 is 0 Å². The van der Waals surface area contributed by atoms with Crippen molar-refractivity contribution < 1.29 is 28.5 Å². The number of carbonyl (C=O) groups is 2. The van der Waals surface area contributed by atoms with Gasteiger partial charge in [-0.05, 0) is 49.2 Å². The Labute approximate surface area is 170 Å². The second-order valence-corrected chi connectivity index (χ2v) is 6.14. The van der Waals surface area contributed by atoms with Crippen molar-refractivity contribution in [3.05, 3.63) is 53.6 Å². The first-order valence-electron chi connectivity index (χ1n) is 9.53. The largest absolute Gasteiger partial charge is 0.497 e. The molecule has 0 saturated heterocycles. The van der Waals surface area contributed by atoms with Crippen LogP contribution in [0.4, 0.5) is 0 Å². The molecule has 2 rings (SSSR count). The van der Waals surface area contributed by atoms with Gasteiger partial charge in [-0.15, -0.1) is 0 Å². The summed E-state index contributed by atoms with van der Waals surface area (Å²) < 4.78 is 21.3. The molecule has 0 fully saturated rings. The molecule has 1 amide bonds. The van der Waals surface area contributed by atoms with E-state index in [1.54, 1.807) is 25.3 Å². The fraction of sp³-hybridized carbons (Fsp3) is 0.364. The normalized spacial score (nSPS) is 10.2. The highest BCUT2D eigenvalue weighted by Gasteiger charge is 2.14. The van der Waals surface area contributed by atoms with Gasteiger partial charge >= 0.3 is 5.97 Å². The average molecular weight is 401 g/mol. The molecule has 0 saturated carbocycles. The molecule has 0 heterocycles. The molecule has 156 valence electrons. The first-order valence-corrected chi connectivity index (χ1v) is 9.53. The van der Waals surface area contributed by atoms with Gasteiger partial charge in [-0.25, -0.2) is 4.79 Å². The fourth-order valence-electron chi connectivity index (χ4n) is 2.44. The van der Waals surface area contributed by atoms with Crippen LogP contribution in [-0.4, -0.2) is 38.8 Å². The van der Waals surface area contributed by atoms with E-state index in [-0.39, 0.29) is 12.5 Å². The van der Waals surface area contributed by atoms with Crippen molar-refractivity contribution in [2.45, 2.75) is 26.8 Å². The molecule has 0 unspecified atom stereocenters. The van der Waals surface area contributed by atoms with Crippen LogP contribution in [0.1, 0.15) is 36.2 Å². The van der Waals surface area contributed by atoms with Crippen molar-refractivity contribution in [1.82, 2.24) is 5.32 Å². The molecule has 0 atom stereocenters. The van der Waals surface area contributed by atoms with E-state index in [2.05, 4.69) is 5.32 Å². The number of hydrogen-bond acceptors (Lipinski definition) is 6. The van der Waals surface area contributed by atoms with E-state index in [0.717, 1.165) is 17.7 Å². The molecule has 2 aromatic rings. The molecule has 2 aromatic carbocycles. The van der Waals surface area contributed by atoms with Gasteiger partial charge in [-0.1, -0.05) is 19.1 Å². The lowest BCUT2D eigenvalue weighted by Crippen LogP contribution is -2.28. The molecule has 0 aliphatic rings. The SMILES string of the molecule is CCCOc1ccc(C(=O)OCC(=O)NCc2ccc(OC)cc2)cc1OCC. The summed E-state index contributed by atoms with van der Waals surface area (Å²) in [6.07, 6.45) is 0.862. The highest BCUT2D eigenvalue weighted by molar-refractivity contribution is 5.92. The Morgan fingerprint density at radius 3 is 2.38 bits per heavy atom. The lowest BCUT2D eigenvalue weighted by molar-refractivity contribution is -0.124. The highest BCUT2D eigenvalue weighted by Crippen LogP contribution is 2.29. The Balaban J connectivity index is 1.86. The Morgan fingerprint density at radius 2 is 1.72 bits per heavy atom. The van der Waals surface area contributed by atoms with E-state index in [1.165, 1.54) is 0 Å². The van der Waals surface area contributed by atoms with E-state index in [1.807, 2.05) is 38.1 Å². The zero-order valence-corrected chi connectivity index (χ0v) is 17.0. The minimum absolute atomic E-state index is 0.292. The average Bonchev–Trinajstić information content (AvgIpc) is 2.75. The number of hydrogen-bond donors (Lipinski definition) is 1. The highest BCUT2D eigenvalue weighted by atomic mass is 16.5. The number of benzene rings is 2. The Hall–Kier alpha value is -3.22. The van der Waals surface area contributed by atoms with Crippen LogP contribution in [0.15, 0.2) is 42.5 Å².